The summed E-state index contributed by atoms with van der Waals surface area (Å²) < 4.78 is 7.91. The molecule has 1 atom stereocenters. The molecular formula is C23H21Cl2N5O2S2. The normalized spacial score (nSPS) is 11.9. The van der Waals surface area contributed by atoms with Gasteiger partial charge in [-0.25, -0.2) is 4.98 Å². The number of carbonyl (C=O) groups excluding carboxylic acids is 1. The molecule has 176 valence electrons. The van der Waals surface area contributed by atoms with Gasteiger partial charge in [0.1, 0.15) is 5.75 Å². The lowest BCUT2D eigenvalue weighted by Crippen LogP contribution is -2.15. The first-order valence-corrected chi connectivity index (χ1v) is 13.0. The molecule has 2 heterocycles. The fourth-order valence-corrected chi connectivity index (χ4v) is 5.01. The van der Waals surface area contributed by atoms with Crippen molar-refractivity contribution in [1.82, 2.24) is 19.7 Å². The Kier molecular flexibility index (Phi) is 8.10. The summed E-state index contributed by atoms with van der Waals surface area (Å²) in [5.41, 5.74) is 1.72. The number of nitrogens with zero attached hydrogens (tertiary/aromatic N) is 4. The van der Waals surface area contributed by atoms with Crippen LogP contribution >= 0.6 is 46.3 Å². The van der Waals surface area contributed by atoms with Crippen LogP contribution in [0.1, 0.15) is 25.8 Å². The average molecular weight is 534 g/mol. The van der Waals surface area contributed by atoms with Crippen molar-refractivity contribution < 1.29 is 9.53 Å². The molecule has 0 saturated carbocycles. The van der Waals surface area contributed by atoms with Crippen molar-refractivity contribution in [3.05, 3.63) is 69.8 Å². The van der Waals surface area contributed by atoms with Crippen molar-refractivity contribution in [3.63, 3.8) is 0 Å². The molecule has 0 spiro atoms. The first-order chi connectivity index (χ1) is 16.4. The Morgan fingerprint density at radius 2 is 1.94 bits per heavy atom. The van der Waals surface area contributed by atoms with Gasteiger partial charge in [0, 0.05) is 22.5 Å². The summed E-state index contributed by atoms with van der Waals surface area (Å²) in [6, 6.07) is 14.7. The molecule has 4 aromatic rings. The molecule has 11 heteroatoms. The highest BCUT2D eigenvalue weighted by atomic mass is 35.5. The number of rotatable bonds is 9. The Morgan fingerprint density at radius 3 is 2.68 bits per heavy atom. The monoisotopic (exact) mass is 533 g/mol. The number of ether oxygens (including phenoxy) is 1. The first-order valence-electron chi connectivity index (χ1n) is 10.4. The van der Waals surface area contributed by atoms with Gasteiger partial charge in [0.2, 0.25) is 5.91 Å². The Bertz CT molecular complexity index is 1280. The van der Waals surface area contributed by atoms with E-state index in [9.17, 15) is 4.79 Å². The molecule has 4 rings (SSSR count). The van der Waals surface area contributed by atoms with Gasteiger partial charge in [-0.2, -0.15) is 0 Å². The Hall–Kier alpha value is -2.59. The topological polar surface area (TPSA) is 81.9 Å². The molecule has 1 N–H and O–H groups in total. The van der Waals surface area contributed by atoms with Crippen LogP contribution in [-0.2, 0) is 11.3 Å². The maximum Gasteiger partial charge on any atom is 0.236 e. The van der Waals surface area contributed by atoms with Crippen LogP contribution in [-0.4, -0.2) is 31.4 Å². The summed E-state index contributed by atoms with van der Waals surface area (Å²) in [5.74, 6) is 1.25. The fourth-order valence-electron chi connectivity index (χ4n) is 3.16. The molecular weight excluding hydrogens is 513 g/mol. The lowest BCUT2D eigenvalue weighted by molar-refractivity contribution is -0.113. The molecule has 0 aliphatic heterocycles. The third-order valence-electron chi connectivity index (χ3n) is 4.79. The van der Waals surface area contributed by atoms with Gasteiger partial charge in [-0.05, 0) is 38.1 Å². The van der Waals surface area contributed by atoms with Gasteiger partial charge in [-0.1, -0.05) is 59.2 Å². The number of hydrogen-bond donors (Lipinski definition) is 1. The minimum absolute atomic E-state index is 0.172. The van der Waals surface area contributed by atoms with Gasteiger partial charge < -0.3 is 14.6 Å². The number of benzene rings is 2. The second kappa shape index (κ2) is 11.2. The van der Waals surface area contributed by atoms with Gasteiger partial charge in [-0.15, -0.1) is 21.5 Å². The van der Waals surface area contributed by atoms with Crippen LogP contribution in [0.4, 0.5) is 5.13 Å². The zero-order valence-corrected chi connectivity index (χ0v) is 21.5. The van der Waals surface area contributed by atoms with E-state index in [2.05, 4.69) is 20.5 Å². The fraction of sp³-hybridized carbons (Fsp3) is 0.217. The summed E-state index contributed by atoms with van der Waals surface area (Å²) in [6.45, 7) is 4.52. The molecule has 0 fully saturated rings. The molecule has 7 nitrogen and oxygen atoms in total. The Labute approximate surface area is 215 Å². The standard InChI is InChI=1S/C23H21Cl2N5O2S2/c1-3-30-21(14(2)32-19-7-5-4-6-17(19)25)28-29-23(30)34-13-20(31)27-22-26-18(12-33-22)15-8-10-16(24)11-9-15/h4-12,14H,3,13H2,1-2H3,(H,26,27,31). The lowest BCUT2D eigenvalue weighted by atomic mass is 10.2. The van der Waals surface area contributed by atoms with Crippen LogP contribution in [0.2, 0.25) is 10.0 Å². The number of thiazole rings is 1. The number of hydrogen-bond acceptors (Lipinski definition) is 7. The molecule has 0 bridgehead atoms. The third kappa shape index (κ3) is 5.90. The van der Waals surface area contributed by atoms with Gasteiger partial charge in [-0.3, -0.25) is 4.79 Å². The van der Waals surface area contributed by atoms with Crippen molar-refractivity contribution in [3.8, 4) is 17.0 Å². The number of nitrogens with one attached hydrogen (secondary N) is 1. The summed E-state index contributed by atoms with van der Waals surface area (Å²) in [4.78, 5) is 17.0. The van der Waals surface area contributed by atoms with Crippen molar-refractivity contribution in [2.45, 2.75) is 31.7 Å². The zero-order valence-electron chi connectivity index (χ0n) is 18.4. The number of halogens is 2. The van der Waals surface area contributed by atoms with E-state index in [1.165, 1.54) is 23.1 Å². The van der Waals surface area contributed by atoms with Gasteiger partial charge in [0.25, 0.3) is 0 Å². The molecule has 1 unspecified atom stereocenters. The van der Waals surface area contributed by atoms with E-state index in [-0.39, 0.29) is 17.8 Å². The SMILES string of the molecule is CCn1c(SCC(=O)Nc2nc(-c3ccc(Cl)cc3)cs2)nnc1C(C)Oc1ccccc1Cl. The molecule has 2 aromatic heterocycles. The van der Waals surface area contributed by atoms with Crippen molar-refractivity contribution in [2.24, 2.45) is 0 Å². The molecule has 0 aliphatic rings. The van der Waals surface area contributed by atoms with E-state index in [0.29, 0.717) is 38.5 Å². The first kappa shape index (κ1) is 24.5. The van der Waals surface area contributed by atoms with E-state index >= 15 is 0 Å². The minimum atomic E-state index is -0.364. The van der Waals surface area contributed by atoms with Crippen LogP contribution in [0.5, 0.6) is 5.75 Å². The molecule has 34 heavy (non-hydrogen) atoms. The summed E-state index contributed by atoms with van der Waals surface area (Å²) in [5, 5.41) is 15.7. The maximum atomic E-state index is 12.5. The Morgan fingerprint density at radius 1 is 1.18 bits per heavy atom. The van der Waals surface area contributed by atoms with Crippen LogP contribution < -0.4 is 10.1 Å². The van der Waals surface area contributed by atoms with Crippen molar-refractivity contribution in [2.75, 3.05) is 11.1 Å². The van der Waals surface area contributed by atoms with Gasteiger partial charge in [0.05, 0.1) is 16.5 Å². The predicted octanol–water partition coefficient (Wildman–Crippen LogP) is 6.60. The number of aromatic nitrogens is 4. The number of thioether (sulfide) groups is 1. The van der Waals surface area contributed by atoms with E-state index in [0.717, 1.165) is 11.3 Å². The molecule has 0 aliphatic carbocycles. The van der Waals surface area contributed by atoms with Crippen LogP contribution in [0, 0.1) is 0 Å². The highest BCUT2D eigenvalue weighted by Crippen LogP contribution is 2.30. The average Bonchev–Trinajstić information content (AvgIpc) is 3.46. The van der Waals surface area contributed by atoms with E-state index < -0.39 is 0 Å². The van der Waals surface area contributed by atoms with Crippen LogP contribution in [0.3, 0.4) is 0 Å². The van der Waals surface area contributed by atoms with Crippen molar-refractivity contribution >= 4 is 57.3 Å². The summed E-state index contributed by atoms with van der Waals surface area (Å²) in [7, 11) is 0. The third-order valence-corrected chi connectivity index (χ3v) is 7.08. The highest BCUT2D eigenvalue weighted by Gasteiger charge is 2.20. The van der Waals surface area contributed by atoms with Crippen LogP contribution in [0.15, 0.2) is 59.1 Å². The molecule has 0 saturated heterocycles. The zero-order chi connectivity index (χ0) is 24.1. The number of amides is 1. The molecule has 1 amide bonds. The van der Waals surface area contributed by atoms with Crippen LogP contribution in [0.25, 0.3) is 11.3 Å². The lowest BCUT2D eigenvalue weighted by Gasteiger charge is -2.16. The van der Waals surface area contributed by atoms with E-state index in [1.807, 2.05) is 66.3 Å². The maximum absolute atomic E-state index is 12.5. The summed E-state index contributed by atoms with van der Waals surface area (Å²) in [6.07, 6.45) is -0.364. The number of para-hydroxylation sites is 1. The van der Waals surface area contributed by atoms with Crippen molar-refractivity contribution in [1.29, 1.82) is 0 Å². The predicted molar refractivity (Wildman–Crippen MR) is 138 cm³/mol. The van der Waals surface area contributed by atoms with E-state index in [4.69, 9.17) is 27.9 Å². The number of carbonyl (C=O) groups is 1. The smallest absolute Gasteiger partial charge is 0.236 e. The quantitative estimate of drug-likeness (QED) is 0.244. The van der Waals surface area contributed by atoms with Gasteiger partial charge in [0.15, 0.2) is 22.2 Å². The van der Waals surface area contributed by atoms with E-state index in [1.54, 1.807) is 6.07 Å². The van der Waals surface area contributed by atoms with Gasteiger partial charge >= 0.3 is 0 Å². The molecule has 2 aromatic carbocycles. The number of anilines is 1. The summed E-state index contributed by atoms with van der Waals surface area (Å²) >= 11 is 14.8. The second-order valence-electron chi connectivity index (χ2n) is 7.16. The molecule has 0 radical (unpaired) electrons. The minimum Gasteiger partial charge on any atom is -0.481 e. The second-order valence-corrected chi connectivity index (χ2v) is 9.80. The highest BCUT2D eigenvalue weighted by molar-refractivity contribution is 7.99. The Balaban J connectivity index is 1.36. The largest absolute Gasteiger partial charge is 0.481 e.